The van der Waals surface area contributed by atoms with Gasteiger partial charge in [-0.1, -0.05) is 17.7 Å². The molecule has 2 amide bonds. The average Bonchev–Trinajstić information content (AvgIpc) is 2.99. The number of benzene rings is 2. The van der Waals surface area contributed by atoms with E-state index in [1.54, 1.807) is 17.0 Å². The second-order valence-electron chi connectivity index (χ2n) is 7.75. The Labute approximate surface area is 177 Å². The lowest BCUT2D eigenvalue weighted by atomic mass is 10.1. The van der Waals surface area contributed by atoms with Crippen molar-refractivity contribution in [2.45, 2.75) is 51.5 Å². The molecular weight excluding hydrogens is 402 g/mol. The fourth-order valence-electron chi connectivity index (χ4n) is 3.80. The predicted octanol–water partition coefficient (Wildman–Crippen LogP) is 2.91. The lowest BCUT2D eigenvalue weighted by Crippen LogP contribution is -2.33. The summed E-state index contributed by atoms with van der Waals surface area (Å²) in [5.41, 5.74) is 4.36. The van der Waals surface area contributed by atoms with E-state index in [1.807, 2.05) is 39.0 Å². The zero-order valence-electron chi connectivity index (χ0n) is 17.7. The van der Waals surface area contributed by atoms with E-state index in [9.17, 15) is 18.0 Å². The molecule has 3 rings (SSSR count). The van der Waals surface area contributed by atoms with Gasteiger partial charge in [-0.25, -0.2) is 13.1 Å². The lowest BCUT2D eigenvalue weighted by molar-refractivity contribution is -0.117. The Morgan fingerprint density at radius 1 is 1.13 bits per heavy atom. The van der Waals surface area contributed by atoms with Gasteiger partial charge in [0.15, 0.2) is 0 Å². The van der Waals surface area contributed by atoms with Crippen LogP contribution in [0.2, 0.25) is 0 Å². The minimum atomic E-state index is -3.75. The van der Waals surface area contributed by atoms with Gasteiger partial charge in [0.25, 0.3) is 0 Å². The molecule has 1 atom stereocenters. The summed E-state index contributed by atoms with van der Waals surface area (Å²) >= 11 is 0. The summed E-state index contributed by atoms with van der Waals surface area (Å²) in [7, 11) is -3.75. The third-order valence-electron chi connectivity index (χ3n) is 5.22. The molecule has 0 unspecified atom stereocenters. The smallest absolute Gasteiger partial charge is 0.240 e. The monoisotopic (exact) mass is 429 g/mol. The number of amides is 2. The van der Waals surface area contributed by atoms with Gasteiger partial charge in [-0.2, -0.15) is 0 Å². The molecule has 0 bridgehead atoms. The molecule has 7 nitrogen and oxygen atoms in total. The number of sulfonamides is 1. The van der Waals surface area contributed by atoms with Gasteiger partial charge in [0.1, 0.15) is 0 Å². The van der Waals surface area contributed by atoms with Crippen LogP contribution in [0.3, 0.4) is 0 Å². The average molecular weight is 430 g/mol. The Bertz CT molecular complexity index is 1100. The normalized spacial score (nSPS) is 15.7. The zero-order chi connectivity index (χ0) is 22.1. The van der Waals surface area contributed by atoms with Gasteiger partial charge in [0.2, 0.25) is 21.8 Å². The van der Waals surface area contributed by atoms with Crippen LogP contribution in [-0.2, 0) is 26.0 Å². The number of rotatable bonds is 6. The summed E-state index contributed by atoms with van der Waals surface area (Å²) in [5, 5.41) is 2.81. The van der Waals surface area contributed by atoms with Crippen LogP contribution in [-0.4, -0.2) is 32.8 Å². The molecule has 30 heavy (non-hydrogen) atoms. The molecule has 1 heterocycles. The molecule has 0 spiro atoms. The van der Waals surface area contributed by atoms with Crippen LogP contribution in [0.1, 0.15) is 37.0 Å². The highest BCUT2D eigenvalue weighted by molar-refractivity contribution is 7.89. The number of hydrogen-bond acceptors (Lipinski definition) is 4. The molecule has 1 aliphatic rings. The van der Waals surface area contributed by atoms with Gasteiger partial charge < -0.3 is 10.2 Å². The maximum absolute atomic E-state index is 12.6. The fourth-order valence-corrected chi connectivity index (χ4v) is 4.89. The molecule has 2 N–H and O–H groups in total. The number of hydrogen-bond donors (Lipinski definition) is 2. The van der Waals surface area contributed by atoms with E-state index in [1.165, 1.54) is 13.0 Å². The van der Waals surface area contributed by atoms with Gasteiger partial charge in [0, 0.05) is 37.3 Å². The maximum Gasteiger partial charge on any atom is 0.240 e. The van der Waals surface area contributed by atoms with Crippen molar-refractivity contribution in [2.75, 3.05) is 16.8 Å². The van der Waals surface area contributed by atoms with E-state index >= 15 is 0 Å². The Morgan fingerprint density at radius 3 is 2.53 bits per heavy atom. The highest BCUT2D eigenvalue weighted by Gasteiger charge is 2.30. The van der Waals surface area contributed by atoms with Crippen molar-refractivity contribution in [1.82, 2.24) is 4.72 Å². The third kappa shape index (κ3) is 4.71. The molecule has 1 aliphatic heterocycles. The number of carbonyl (C=O) groups excluding carboxylic acids is 2. The second-order valence-corrected chi connectivity index (χ2v) is 9.51. The quantitative estimate of drug-likeness (QED) is 0.738. The first-order chi connectivity index (χ1) is 14.1. The Morgan fingerprint density at radius 2 is 1.87 bits per heavy atom. The zero-order valence-corrected chi connectivity index (χ0v) is 18.5. The summed E-state index contributed by atoms with van der Waals surface area (Å²) in [6.07, 6.45) is 0.628. The number of anilines is 2. The van der Waals surface area contributed by atoms with Crippen molar-refractivity contribution < 1.29 is 18.0 Å². The van der Waals surface area contributed by atoms with Crippen LogP contribution >= 0.6 is 0 Å². The largest absolute Gasteiger partial charge is 0.326 e. The molecule has 0 aromatic heterocycles. The second kappa shape index (κ2) is 8.57. The van der Waals surface area contributed by atoms with Crippen LogP contribution < -0.4 is 14.9 Å². The van der Waals surface area contributed by atoms with Crippen molar-refractivity contribution in [1.29, 1.82) is 0 Å². The maximum atomic E-state index is 12.6. The number of aryl methyl sites for hydroxylation is 2. The van der Waals surface area contributed by atoms with Gasteiger partial charge in [-0.3, -0.25) is 9.59 Å². The van der Waals surface area contributed by atoms with Crippen molar-refractivity contribution >= 4 is 33.2 Å². The van der Waals surface area contributed by atoms with Crippen molar-refractivity contribution in [3.8, 4) is 0 Å². The fraction of sp³-hybridized carbons (Fsp3) is 0.364. The minimum absolute atomic E-state index is 0.00246. The first-order valence-corrected chi connectivity index (χ1v) is 11.4. The van der Waals surface area contributed by atoms with Crippen LogP contribution in [0.5, 0.6) is 0 Å². The number of nitrogens with one attached hydrogen (secondary N) is 2. The molecular formula is C22H27N3O4S. The number of fused-ring (bicyclic) bond motifs is 1. The first-order valence-electron chi connectivity index (χ1n) is 9.88. The van der Waals surface area contributed by atoms with Gasteiger partial charge in [-0.15, -0.1) is 0 Å². The van der Waals surface area contributed by atoms with Gasteiger partial charge >= 0.3 is 0 Å². The van der Waals surface area contributed by atoms with Crippen LogP contribution in [0, 0.1) is 13.8 Å². The molecule has 0 saturated carbocycles. The van der Waals surface area contributed by atoms with Crippen LogP contribution in [0.4, 0.5) is 11.4 Å². The Balaban J connectivity index is 1.61. The SMILES string of the molecule is CC(=O)N1c2ccc(S(=O)(=O)NCCC(=O)Nc3ccc(C)cc3C)cc2C[C@@H]1C. The van der Waals surface area contributed by atoms with E-state index in [2.05, 4.69) is 10.0 Å². The van der Waals surface area contributed by atoms with Gasteiger partial charge in [-0.05, 0) is 62.6 Å². The Kier molecular flexibility index (Phi) is 6.28. The highest BCUT2D eigenvalue weighted by atomic mass is 32.2. The molecule has 160 valence electrons. The first kappa shape index (κ1) is 22.0. The molecule has 2 aromatic rings. The lowest BCUT2D eigenvalue weighted by Gasteiger charge is -2.20. The van der Waals surface area contributed by atoms with Crippen molar-refractivity contribution in [3.05, 3.63) is 53.1 Å². The van der Waals surface area contributed by atoms with E-state index in [-0.39, 0.29) is 35.7 Å². The summed E-state index contributed by atoms with van der Waals surface area (Å²) in [6, 6.07) is 10.5. The van der Waals surface area contributed by atoms with Crippen molar-refractivity contribution in [3.63, 3.8) is 0 Å². The predicted molar refractivity (Wildman–Crippen MR) is 117 cm³/mol. The number of carbonyl (C=O) groups is 2. The summed E-state index contributed by atoms with van der Waals surface area (Å²) in [4.78, 5) is 25.8. The molecule has 0 fully saturated rings. The number of nitrogens with zero attached hydrogens (tertiary/aromatic N) is 1. The molecule has 0 saturated heterocycles. The molecule has 2 aromatic carbocycles. The van der Waals surface area contributed by atoms with E-state index in [4.69, 9.17) is 0 Å². The molecule has 0 radical (unpaired) electrons. The van der Waals surface area contributed by atoms with Gasteiger partial charge in [0.05, 0.1) is 4.90 Å². The van der Waals surface area contributed by atoms with Crippen LogP contribution in [0.15, 0.2) is 41.3 Å². The Hall–Kier alpha value is -2.71. The topological polar surface area (TPSA) is 95.6 Å². The third-order valence-corrected chi connectivity index (χ3v) is 6.67. The molecule has 8 heteroatoms. The van der Waals surface area contributed by atoms with Crippen molar-refractivity contribution in [2.24, 2.45) is 0 Å². The summed E-state index contributed by atoms with van der Waals surface area (Å²) in [6.45, 7) is 7.31. The van der Waals surface area contributed by atoms with E-state index < -0.39 is 10.0 Å². The summed E-state index contributed by atoms with van der Waals surface area (Å²) in [5.74, 6) is -0.325. The standard InChI is InChI=1S/C22H27N3O4S/c1-14-5-7-20(15(2)11-14)24-22(27)9-10-23-30(28,29)19-6-8-21-18(13-19)12-16(3)25(21)17(4)26/h5-8,11,13,16,23H,9-10,12H2,1-4H3,(H,24,27)/t16-/m0/s1. The summed E-state index contributed by atoms with van der Waals surface area (Å²) < 4.78 is 27.8. The van der Waals surface area contributed by atoms with Crippen LogP contribution in [0.25, 0.3) is 0 Å². The highest BCUT2D eigenvalue weighted by Crippen LogP contribution is 2.33. The van der Waals surface area contributed by atoms with E-state index in [0.717, 1.165) is 28.1 Å². The molecule has 0 aliphatic carbocycles. The minimum Gasteiger partial charge on any atom is -0.326 e. The van der Waals surface area contributed by atoms with E-state index in [0.29, 0.717) is 6.42 Å².